The van der Waals surface area contributed by atoms with Gasteiger partial charge in [-0.3, -0.25) is 9.69 Å². The van der Waals surface area contributed by atoms with Crippen molar-refractivity contribution in [3.05, 3.63) is 0 Å². The van der Waals surface area contributed by atoms with E-state index in [1.54, 1.807) is 19.0 Å². The molecule has 0 aromatic heterocycles. The van der Waals surface area contributed by atoms with Crippen molar-refractivity contribution in [2.45, 2.75) is 76.8 Å². The Morgan fingerprint density at radius 1 is 1.12 bits per heavy atom. The molecule has 150 valence electrons. The molecule has 1 unspecified atom stereocenters. The van der Waals surface area contributed by atoms with Crippen LogP contribution in [0.3, 0.4) is 0 Å². The minimum Gasteiger partial charge on any atom is -0.355 e. The summed E-state index contributed by atoms with van der Waals surface area (Å²) in [4.78, 5) is 20.7. The third-order valence-electron chi connectivity index (χ3n) is 5.73. The van der Waals surface area contributed by atoms with E-state index in [4.69, 9.17) is 0 Å². The molecule has 2 rings (SSSR count). The molecule has 1 saturated carbocycles. The summed E-state index contributed by atoms with van der Waals surface area (Å²) in [6.07, 6.45) is 11.6. The average Bonchev–Trinajstić information content (AvgIpc) is 2.66. The zero-order valence-electron chi connectivity index (χ0n) is 17.1. The van der Waals surface area contributed by atoms with E-state index in [0.29, 0.717) is 6.04 Å². The molecule has 2 aliphatic rings. The summed E-state index contributed by atoms with van der Waals surface area (Å²) in [5.41, 5.74) is 0. The van der Waals surface area contributed by atoms with E-state index >= 15 is 0 Å². The smallest absolute Gasteiger partial charge is 0.243 e. The Balaban J connectivity index is 1.85. The van der Waals surface area contributed by atoms with Crippen LogP contribution < -0.4 is 10.6 Å². The van der Waals surface area contributed by atoms with Crippen molar-refractivity contribution in [2.75, 3.05) is 40.3 Å². The predicted molar refractivity (Wildman–Crippen MR) is 109 cm³/mol. The van der Waals surface area contributed by atoms with Gasteiger partial charge in [0.1, 0.15) is 6.54 Å². The largest absolute Gasteiger partial charge is 0.355 e. The number of likely N-dealkylation sites (tertiary alicyclic amines) is 1. The summed E-state index contributed by atoms with van der Waals surface area (Å²) in [7, 11) is 3.56. The fourth-order valence-electron chi connectivity index (χ4n) is 4.02. The van der Waals surface area contributed by atoms with Crippen LogP contribution in [0.4, 0.5) is 0 Å². The highest BCUT2D eigenvalue weighted by Crippen LogP contribution is 2.19. The molecule has 1 aliphatic carbocycles. The van der Waals surface area contributed by atoms with E-state index in [0.717, 1.165) is 25.1 Å². The Kier molecular flexibility index (Phi) is 9.23. The number of aliphatic imine (C=N–C) groups is 1. The van der Waals surface area contributed by atoms with Gasteiger partial charge in [0.15, 0.2) is 5.96 Å². The van der Waals surface area contributed by atoms with Gasteiger partial charge in [-0.25, -0.2) is 4.99 Å². The monoisotopic (exact) mass is 365 g/mol. The molecule has 0 aromatic carbocycles. The number of likely N-dealkylation sites (N-methyl/N-ethyl adjacent to an activating group) is 1. The summed E-state index contributed by atoms with van der Waals surface area (Å²) >= 11 is 0. The number of nitrogens with zero attached hydrogens (tertiary/aromatic N) is 3. The highest BCUT2D eigenvalue weighted by Gasteiger charge is 2.20. The van der Waals surface area contributed by atoms with Gasteiger partial charge >= 0.3 is 0 Å². The fourth-order valence-corrected chi connectivity index (χ4v) is 4.02. The second kappa shape index (κ2) is 11.4. The first-order valence-corrected chi connectivity index (χ1v) is 10.6. The number of piperidine rings is 1. The molecule has 1 atom stereocenters. The fraction of sp³-hybridized carbons (Fsp3) is 0.900. The molecule has 0 radical (unpaired) electrons. The predicted octanol–water partition coefficient (Wildman–Crippen LogP) is 2.21. The lowest BCUT2D eigenvalue weighted by atomic mass is 9.96. The van der Waals surface area contributed by atoms with Crippen LogP contribution in [-0.4, -0.2) is 74.0 Å². The molecule has 1 amide bonds. The highest BCUT2D eigenvalue weighted by atomic mass is 16.2. The van der Waals surface area contributed by atoms with Crippen LogP contribution in [0.5, 0.6) is 0 Å². The maximum Gasteiger partial charge on any atom is 0.243 e. The normalized spacial score (nSPS) is 22.9. The van der Waals surface area contributed by atoms with E-state index in [2.05, 4.69) is 27.4 Å². The Morgan fingerprint density at radius 2 is 1.85 bits per heavy atom. The van der Waals surface area contributed by atoms with Crippen LogP contribution in [0.25, 0.3) is 0 Å². The van der Waals surface area contributed by atoms with E-state index in [9.17, 15) is 4.79 Å². The first kappa shape index (κ1) is 21.0. The average molecular weight is 366 g/mol. The summed E-state index contributed by atoms with van der Waals surface area (Å²) in [5, 5.41) is 7.04. The Bertz CT molecular complexity index is 445. The van der Waals surface area contributed by atoms with Crippen LogP contribution in [0.1, 0.15) is 64.7 Å². The summed E-state index contributed by atoms with van der Waals surface area (Å²) < 4.78 is 0. The third-order valence-corrected chi connectivity index (χ3v) is 5.73. The molecular formula is C20H39N5O. The van der Waals surface area contributed by atoms with Gasteiger partial charge < -0.3 is 15.5 Å². The maximum atomic E-state index is 11.9. The van der Waals surface area contributed by atoms with Gasteiger partial charge in [-0.2, -0.15) is 0 Å². The number of carbonyl (C=O) groups excluding carboxylic acids is 1. The molecule has 0 aromatic rings. The minimum absolute atomic E-state index is 0.0387. The van der Waals surface area contributed by atoms with Crippen molar-refractivity contribution < 1.29 is 4.79 Å². The number of carbonyl (C=O) groups is 1. The molecular weight excluding hydrogens is 326 g/mol. The van der Waals surface area contributed by atoms with E-state index in [1.165, 1.54) is 64.3 Å². The lowest BCUT2D eigenvalue weighted by Gasteiger charge is -2.35. The molecule has 6 nitrogen and oxygen atoms in total. The van der Waals surface area contributed by atoms with Crippen LogP contribution >= 0.6 is 0 Å². The van der Waals surface area contributed by atoms with Gasteiger partial charge in [-0.05, 0) is 38.6 Å². The molecule has 1 saturated heterocycles. The van der Waals surface area contributed by atoms with Crippen molar-refractivity contribution in [1.29, 1.82) is 0 Å². The number of nitrogens with one attached hydrogen (secondary N) is 2. The zero-order valence-corrected chi connectivity index (χ0v) is 17.1. The molecule has 0 bridgehead atoms. The molecule has 2 N–H and O–H groups in total. The van der Waals surface area contributed by atoms with Crippen LogP contribution in [0.2, 0.25) is 0 Å². The van der Waals surface area contributed by atoms with Crippen LogP contribution in [0, 0.1) is 0 Å². The van der Waals surface area contributed by atoms with Crippen molar-refractivity contribution in [3.8, 4) is 0 Å². The Hall–Kier alpha value is -1.30. The Labute approximate surface area is 159 Å². The highest BCUT2D eigenvalue weighted by molar-refractivity contribution is 5.84. The van der Waals surface area contributed by atoms with Crippen molar-refractivity contribution in [1.82, 2.24) is 20.4 Å². The molecule has 1 aliphatic heterocycles. The lowest BCUT2D eigenvalue weighted by molar-refractivity contribution is -0.127. The Morgan fingerprint density at radius 3 is 2.54 bits per heavy atom. The van der Waals surface area contributed by atoms with Gasteiger partial charge in [0.25, 0.3) is 0 Å². The van der Waals surface area contributed by atoms with Crippen molar-refractivity contribution >= 4 is 11.9 Å². The molecule has 0 spiro atoms. The lowest BCUT2D eigenvalue weighted by Crippen LogP contribution is -2.48. The number of hydrogen-bond acceptors (Lipinski definition) is 3. The van der Waals surface area contributed by atoms with Crippen LogP contribution in [-0.2, 0) is 4.79 Å². The third kappa shape index (κ3) is 7.14. The van der Waals surface area contributed by atoms with E-state index in [1.807, 2.05) is 0 Å². The number of guanidine groups is 1. The first-order chi connectivity index (χ1) is 12.6. The van der Waals surface area contributed by atoms with Crippen molar-refractivity contribution in [2.24, 2.45) is 4.99 Å². The molecule has 2 fully saturated rings. The number of rotatable bonds is 7. The molecule has 26 heavy (non-hydrogen) atoms. The van der Waals surface area contributed by atoms with Gasteiger partial charge in [0, 0.05) is 39.3 Å². The van der Waals surface area contributed by atoms with Gasteiger partial charge in [-0.1, -0.05) is 32.6 Å². The summed E-state index contributed by atoms with van der Waals surface area (Å²) in [6, 6.07) is 1.22. The maximum absolute atomic E-state index is 11.9. The molecule has 6 heteroatoms. The summed E-state index contributed by atoms with van der Waals surface area (Å²) in [5.74, 6) is 0.842. The standard InChI is InChI=1S/C20H39N5O/c1-4-18-12-8-9-14-25(18)15-13-21-20(22-16-19(26)24(2)3)23-17-10-6-5-7-11-17/h17-18H,4-16H2,1-3H3,(H2,21,22,23). The minimum atomic E-state index is 0.0387. The zero-order chi connectivity index (χ0) is 18.8. The van der Waals surface area contributed by atoms with Crippen LogP contribution in [0.15, 0.2) is 4.99 Å². The van der Waals surface area contributed by atoms with E-state index in [-0.39, 0.29) is 12.5 Å². The first-order valence-electron chi connectivity index (χ1n) is 10.6. The van der Waals surface area contributed by atoms with Gasteiger partial charge in [-0.15, -0.1) is 0 Å². The van der Waals surface area contributed by atoms with Gasteiger partial charge in [0.2, 0.25) is 5.91 Å². The van der Waals surface area contributed by atoms with Crippen molar-refractivity contribution in [3.63, 3.8) is 0 Å². The van der Waals surface area contributed by atoms with E-state index < -0.39 is 0 Å². The SMILES string of the molecule is CCC1CCCCN1CCNC(=NCC(=O)N(C)C)NC1CCCCC1. The topological polar surface area (TPSA) is 60.0 Å². The quantitative estimate of drug-likeness (QED) is 0.536. The second-order valence-corrected chi connectivity index (χ2v) is 7.95. The number of amides is 1. The second-order valence-electron chi connectivity index (χ2n) is 7.95. The molecule has 1 heterocycles. The van der Waals surface area contributed by atoms with Gasteiger partial charge in [0.05, 0.1) is 0 Å². The summed E-state index contributed by atoms with van der Waals surface area (Å²) in [6.45, 7) is 5.63. The number of hydrogen-bond donors (Lipinski definition) is 2.